The van der Waals surface area contributed by atoms with Crippen molar-refractivity contribution in [3.63, 3.8) is 0 Å². The average Bonchev–Trinajstić information content (AvgIpc) is 1.76. The molecule has 0 aliphatic carbocycles. The smallest absolute Gasteiger partial charge is 0.467 e. The zero-order valence-corrected chi connectivity index (χ0v) is 49.7. The van der Waals surface area contributed by atoms with Gasteiger partial charge < -0.3 is 18.0 Å². The molecule has 412 valence electrons. The summed E-state index contributed by atoms with van der Waals surface area (Å²) < 4.78 is 25.2. The number of hydrogen-bond acceptors (Lipinski definition) is 6. The Balaban J connectivity index is 0.000000142. The zero-order valence-electron chi connectivity index (χ0n) is 45.2. The van der Waals surface area contributed by atoms with Crippen LogP contribution in [0.4, 0.5) is 0 Å². The molecule has 0 aliphatic heterocycles. The fourth-order valence-electron chi connectivity index (χ4n) is 12.1. The summed E-state index contributed by atoms with van der Waals surface area (Å²) in [5, 5.41) is 18.0. The van der Waals surface area contributed by atoms with E-state index < -0.39 is 0 Å². The molecule has 86 heavy (non-hydrogen) atoms. The van der Waals surface area contributed by atoms with E-state index in [2.05, 4.69) is 204 Å². The maximum absolute atomic E-state index is 6.46. The van der Waals surface area contributed by atoms with Crippen LogP contribution in [0.3, 0.4) is 0 Å². The molecular weight excluding hydrogens is 1430 g/mol. The Bertz CT molecular complexity index is 5440. The average molecular weight is 1470 g/mol. The molecule has 0 unspecified atom stereocenters. The van der Waals surface area contributed by atoms with Gasteiger partial charge in [-0.2, -0.15) is 22.3 Å². The summed E-state index contributed by atoms with van der Waals surface area (Å²) in [5.41, 5.74) is 13.4. The summed E-state index contributed by atoms with van der Waals surface area (Å²) in [4.78, 5) is 9.42. The first kappa shape index (κ1) is 52.4. The number of benzene rings is 10. The van der Waals surface area contributed by atoms with Gasteiger partial charge in [0.15, 0.2) is 0 Å². The van der Waals surface area contributed by atoms with Gasteiger partial charge in [-0.1, -0.05) is 137 Å². The summed E-state index contributed by atoms with van der Waals surface area (Å²) >= 11 is 0. The Labute approximate surface area is 519 Å². The minimum Gasteiger partial charge on any atom is -0.467 e. The number of para-hydroxylation sites is 6. The molecule has 0 atom stereocenters. The van der Waals surface area contributed by atoms with Gasteiger partial charge in [0.25, 0.3) is 0 Å². The van der Waals surface area contributed by atoms with E-state index in [1.807, 2.05) is 88.5 Å². The van der Waals surface area contributed by atoms with E-state index in [-0.39, 0.29) is 42.1 Å². The van der Waals surface area contributed by atoms with Gasteiger partial charge in [0.1, 0.15) is 11.8 Å². The summed E-state index contributed by atoms with van der Waals surface area (Å²) in [5.74, 6) is 2.35. The fourth-order valence-corrected chi connectivity index (χ4v) is 12.1. The fraction of sp³-hybridized carbons (Fsp3) is 0. The van der Waals surface area contributed by atoms with E-state index in [1.54, 1.807) is 24.8 Å². The number of oxazole rings is 2. The van der Waals surface area contributed by atoms with E-state index in [9.17, 15) is 0 Å². The Morgan fingerprint density at radius 3 is 1.13 bits per heavy atom. The van der Waals surface area contributed by atoms with E-state index in [1.165, 1.54) is 21.5 Å². The van der Waals surface area contributed by atoms with Crippen molar-refractivity contribution in [1.82, 2.24) is 47.8 Å². The third-order valence-corrected chi connectivity index (χ3v) is 15.7. The van der Waals surface area contributed by atoms with Gasteiger partial charge in [0.2, 0.25) is 11.8 Å². The van der Waals surface area contributed by atoms with Crippen molar-refractivity contribution < 1.29 is 51.0 Å². The molecule has 0 radical (unpaired) electrons. The SMILES string of the molecule is [Pt+2].[Pt+2].[c-]1c(-c2ncc(-n3c4ccccc4c4ccccc43)o2)cccc1-n1c2[c-]c(-n3cccn3)ccc2c2ccccc21.[c-]1c(-n2cccn2)cccc1-n1c2[c-]c(-c3ncc(-n4c5ccccc5c5ccccc54)o3)ccc2c2ccccc21. The van der Waals surface area contributed by atoms with E-state index in [4.69, 9.17) is 18.8 Å². The zero-order chi connectivity index (χ0) is 55.2. The van der Waals surface area contributed by atoms with Crippen LogP contribution in [0.25, 0.3) is 145 Å². The van der Waals surface area contributed by atoms with Crippen LogP contribution in [0, 0.1) is 24.3 Å². The van der Waals surface area contributed by atoms with Crippen LogP contribution < -0.4 is 0 Å². The van der Waals surface area contributed by atoms with Crippen LogP contribution in [0.15, 0.2) is 264 Å². The molecule has 18 rings (SSSR count). The first-order chi connectivity index (χ1) is 41.7. The molecule has 0 saturated carbocycles. The number of rotatable bonds is 8. The summed E-state index contributed by atoms with van der Waals surface area (Å²) in [7, 11) is 0. The van der Waals surface area contributed by atoms with E-state index >= 15 is 0 Å². The molecule has 14 heteroatoms. The Morgan fingerprint density at radius 2 is 0.663 bits per heavy atom. The van der Waals surface area contributed by atoms with Crippen LogP contribution in [0.1, 0.15) is 0 Å². The Hall–Kier alpha value is -10.4. The van der Waals surface area contributed by atoms with Crippen LogP contribution in [0.2, 0.25) is 0 Å². The Morgan fingerprint density at radius 1 is 0.291 bits per heavy atom. The predicted molar refractivity (Wildman–Crippen MR) is 331 cm³/mol. The van der Waals surface area contributed by atoms with Gasteiger partial charge in [0.05, 0.1) is 34.5 Å². The molecule has 0 amide bonds. The van der Waals surface area contributed by atoms with Crippen LogP contribution in [-0.2, 0) is 42.1 Å². The van der Waals surface area contributed by atoms with Crippen LogP contribution in [-0.4, -0.2) is 47.8 Å². The molecule has 0 N–H and O–H groups in total. The third kappa shape index (κ3) is 8.51. The van der Waals surface area contributed by atoms with Crippen molar-refractivity contribution >= 4 is 87.2 Å². The van der Waals surface area contributed by atoms with Crippen molar-refractivity contribution in [3.05, 3.63) is 280 Å². The van der Waals surface area contributed by atoms with Crippen molar-refractivity contribution in [2.75, 3.05) is 0 Å². The molecular formula is C72H42N10O2Pt2. The second kappa shape index (κ2) is 21.4. The number of nitrogens with zero attached hydrogens (tertiary/aromatic N) is 10. The molecule has 0 bridgehead atoms. The third-order valence-electron chi connectivity index (χ3n) is 15.7. The summed E-state index contributed by atoms with van der Waals surface area (Å²) in [6.45, 7) is 0. The molecule has 10 aromatic carbocycles. The Kier molecular flexibility index (Phi) is 13.0. The van der Waals surface area contributed by atoms with Gasteiger partial charge in [-0.05, 0) is 81.9 Å². The minimum atomic E-state index is 0. The maximum Gasteiger partial charge on any atom is 2.00 e. The van der Waals surface area contributed by atoms with Crippen molar-refractivity contribution in [2.24, 2.45) is 0 Å². The molecule has 0 saturated heterocycles. The first-order valence-electron chi connectivity index (χ1n) is 27.5. The minimum absolute atomic E-state index is 0. The van der Waals surface area contributed by atoms with Crippen LogP contribution >= 0.6 is 0 Å². The summed E-state index contributed by atoms with van der Waals surface area (Å²) in [6, 6.07) is 89.0. The summed E-state index contributed by atoms with van der Waals surface area (Å²) in [6.07, 6.45) is 11.0. The molecule has 8 aromatic heterocycles. The molecule has 8 heterocycles. The largest absolute Gasteiger partial charge is 2.00 e. The van der Waals surface area contributed by atoms with Gasteiger partial charge in [-0.3, -0.25) is 28.5 Å². The first-order valence-corrected chi connectivity index (χ1v) is 27.5. The number of hydrogen-bond donors (Lipinski definition) is 0. The predicted octanol–water partition coefficient (Wildman–Crippen LogP) is 16.6. The van der Waals surface area contributed by atoms with Crippen LogP contribution in [0.5, 0.6) is 0 Å². The molecule has 0 fully saturated rings. The maximum atomic E-state index is 6.46. The van der Waals surface area contributed by atoms with Gasteiger partial charge >= 0.3 is 42.1 Å². The number of aromatic nitrogens is 10. The van der Waals surface area contributed by atoms with Crippen molar-refractivity contribution in [3.8, 4) is 57.4 Å². The standard InChI is InChI=1S/2C36H21N5O.2Pt/c1-4-14-31-29(13-1)30-18-17-24(21-34(30)40(31)26-10-7-9-25(22-26)39-20-8-19-38-39)36-37-23-35(42-36)41-32-15-5-2-11-27(32)28-12-3-6-16-33(28)41;1-4-14-31-29(13-1)30-18-17-25(39-20-8-19-38-39)22-34(30)40(31)26-10-7-9-24(21-26)36-37-23-35(42-36)41-32-15-5-2-11-27(32)28-12-3-6-16-33(28)41;;/h2*1-20,23H;;/q2*-2;2*+2. The molecule has 12 nitrogen and oxygen atoms in total. The monoisotopic (exact) mass is 1470 g/mol. The molecule has 0 spiro atoms. The van der Waals surface area contributed by atoms with Crippen molar-refractivity contribution in [2.45, 2.75) is 0 Å². The van der Waals surface area contributed by atoms with Gasteiger partial charge in [-0.15, -0.1) is 78.2 Å². The topological polar surface area (TPSA) is 107 Å². The normalized spacial score (nSPS) is 11.5. The van der Waals surface area contributed by atoms with Gasteiger partial charge in [0, 0.05) is 57.4 Å². The van der Waals surface area contributed by atoms with Gasteiger partial charge in [-0.25, -0.2) is 0 Å². The van der Waals surface area contributed by atoms with E-state index in [0.717, 1.165) is 99.6 Å². The quantitative estimate of drug-likeness (QED) is 0.140. The second-order valence-corrected chi connectivity index (χ2v) is 20.5. The second-order valence-electron chi connectivity index (χ2n) is 20.5. The van der Waals surface area contributed by atoms with E-state index in [0.29, 0.717) is 23.5 Å². The molecule has 18 aromatic rings. The molecule has 0 aliphatic rings. The number of fused-ring (bicyclic) bond motifs is 12. The van der Waals surface area contributed by atoms with Crippen molar-refractivity contribution in [1.29, 1.82) is 0 Å².